The monoisotopic (exact) mass is 611 g/mol. The fourth-order valence-corrected chi connectivity index (χ4v) is 6.16. The number of nitrogens with one attached hydrogen (secondary N) is 3. The molecule has 0 radical (unpaired) electrons. The van der Waals surface area contributed by atoms with E-state index >= 15 is 0 Å². The number of pyridine rings is 1. The minimum Gasteiger partial charge on any atom is -0.368 e. The molecule has 1 aliphatic carbocycles. The average Bonchev–Trinajstić information content (AvgIpc) is 3.40. The number of carbonyl (C=O) groups excluding carboxylic acids is 3. The number of imidazole rings is 1. The number of aromatic nitrogens is 3. The van der Waals surface area contributed by atoms with Crippen LogP contribution in [0.25, 0.3) is 22.2 Å². The number of amides is 3. The summed E-state index contributed by atoms with van der Waals surface area (Å²) in [6.45, 7) is 6.25. The third-order valence-corrected chi connectivity index (χ3v) is 8.62. The molecule has 2 heterocycles. The molecular weight excluding hydrogens is 570 g/mol. The summed E-state index contributed by atoms with van der Waals surface area (Å²) in [5.41, 5.74) is 16.8. The number of fused-ring (bicyclic) bond motifs is 1. The lowest BCUT2D eigenvalue weighted by Gasteiger charge is -2.35. The first-order valence-electron chi connectivity index (χ1n) is 15.5. The summed E-state index contributed by atoms with van der Waals surface area (Å²) >= 11 is 0. The van der Waals surface area contributed by atoms with E-state index in [1.807, 2.05) is 51.1 Å². The van der Waals surface area contributed by atoms with Crippen molar-refractivity contribution in [3.63, 3.8) is 0 Å². The molecule has 0 unspecified atom stereocenters. The summed E-state index contributed by atoms with van der Waals surface area (Å²) in [6, 6.07) is 15.5. The Labute approximate surface area is 261 Å². The number of nitrogens with zero attached hydrogens (tertiary/aromatic N) is 2. The van der Waals surface area contributed by atoms with E-state index in [1.165, 1.54) is 4.90 Å². The van der Waals surface area contributed by atoms with Crippen molar-refractivity contribution in [2.75, 3.05) is 11.4 Å². The number of carbonyl (C=O) groups is 3. The van der Waals surface area contributed by atoms with Crippen LogP contribution in [0.1, 0.15) is 61.3 Å². The first-order valence-corrected chi connectivity index (χ1v) is 15.5. The summed E-state index contributed by atoms with van der Waals surface area (Å²) in [6.07, 6.45) is 3.28. The van der Waals surface area contributed by atoms with E-state index in [1.54, 1.807) is 24.3 Å². The minimum absolute atomic E-state index is 0.00836. The van der Waals surface area contributed by atoms with Crippen molar-refractivity contribution in [3.05, 3.63) is 82.0 Å². The van der Waals surface area contributed by atoms with Crippen LogP contribution >= 0.6 is 0 Å². The van der Waals surface area contributed by atoms with Crippen LogP contribution in [-0.2, 0) is 16.0 Å². The van der Waals surface area contributed by atoms with Crippen molar-refractivity contribution in [2.24, 2.45) is 23.3 Å². The van der Waals surface area contributed by atoms with Gasteiger partial charge in [0.25, 0.3) is 5.91 Å². The zero-order valence-corrected chi connectivity index (χ0v) is 25.9. The van der Waals surface area contributed by atoms with Gasteiger partial charge >= 0.3 is 5.69 Å². The quantitative estimate of drug-likeness (QED) is 0.183. The molecule has 5 rings (SSSR count). The number of nitrogens with two attached hydrogens (primary N) is 2. The van der Waals surface area contributed by atoms with Gasteiger partial charge in [-0.3, -0.25) is 19.3 Å². The van der Waals surface area contributed by atoms with Crippen molar-refractivity contribution in [1.29, 1.82) is 0 Å². The Morgan fingerprint density at radius 2 is 1.67 bits per heavy atom. The molecule has 4 aromatic rings. The van der Waals surface area contributed by atoms with Crippen LogP contribution in [0.2, 0.25) is 0 Å². The number of hydrogen-bond acceptors (Lipinski definition) is 6. The third kappa shape index (κ3) is 7.15. The van der Waals surface area contributed by atoms with Crippen LogP contribution in [-0.4, -0.2) is 51.3 Å². The zero-order chi connectivity index (χ0) is 32.2. The smallest absolute Gasteiger partial charge is 0.323 e. The Hall–Kier alpha value is -4.77. The van der Waals surface area contributed by atoms with Crippen LogP contribution in [0.5, 0.6) is 0 Å². The second-order valence-corrected chi connectivity index (χ2v) is 12.2. The highest BCUT2D eigenvalue weighted by atomic mass is 16.2. The van der Waals surface area contributed by atoms with Gasteiger partial charge in [-0.15, -0.1) is 0 Å². The van der Waals surface area contributed by atoms with Crippen LogP contribution in [0, 0.1) is 18.8 Å². The Balaban J connectivity index is 1.43. The summed E-state index contributed by atoms with van der Waals surface area (Å²) in [5.74, 6) is -0.881. The first-order chi connectivity index (χ1) is 21.5. The second kappa shape index (κ2) is 13.5. The molecule has 0 bridgehead atoms. The molecule has 2 aromatic carbocycles. The van der Waals surface area contributed by atoms with E-state index < -0.39 is 11.9 Å². The minimum atomic E-state index is -0.958. The van der Waals surface area contributed by atoms with Crippen molar-refractivity contribution >= 4 is 34.4 Å². The highest BCUT2D eigenvalue weighted by Crippen LogP contribution is 2.33. The molecule has 3 amide bonds. The predicted molar refractivity (Wildman–Crippen MR) is 175 cm³/mol. The second-order valence-electron chi connectivity index (χ2n) is 12.2. The molecule has 1 aliphatic rings. The Bertz CT molecular complexity index is 1750. The van der Waals surface area contributed by atoms with E-state index in [-0.39, 0.29) is 35.9 Å². The maximum absolute atomic E-state index is 14.2. The molecule has 7 N–H and O–H groups in total. The molecule has 1 fully saturated rings. The normalized spacial score (nSPS) is 17.3. The van der Waals surface area contributed by atoms with Gasteiger partial charge in [-0.25, -0.2) is 9.78 Å². The molecule has 2 aromatic heterocycles. The largest absolute Gasteiger partial charge is 0.368 e. The van der Waals surface area contributed by atoms with E-state index in [0.717, 1.165) is 29.5 Å². The van der Waals surface area contributed by atoms with Gasteiger partial charge in [0.15, 0.2) is 0 Å². The third-order valence-electron chi connectivity index (χ3n) is 8.62. The standard InChI is InChI=1S/C34H41N7O4/c1-19(2)37-32(43)28-15-13-26(20(3)38-28)23-8-4-21(5-9-23)16-30(31(36)42)41(33(44)24-10-6-22(18-35)7-11-24)25-12-14-27-29(17-25)40-34(45)39-27/h4-5,8-9,12-15,17,19,22,24,30H,6-7,10-11,16,18,35H2,1-3H3,(H2,36,42)(H,37,43)(H2,39,40,45)/t22?,24?,30-/m0/s1. The molecule has 11 heteroatoms. The topological polar surface area (TPSA) is 180 Å². The average molecular weight is 612 g/mol. The number of rotatable bonds is 10. The van der Waals surface area contributed by atoms with E-state index in [9.17, 15) is 19.2 Å². The van der Waals surface area contributed by atoms with Gasteiger partial charge in [0.1, 0.15) is 11.7 Å². The number of anilines is 1. The van der Waals surface area contributed by atoms with Gasteiger partial charge in [-0.2, -0.15) is 0 Å². The van der Waals surface area contributed by atoms with Gasteiger partial charge in [0.2, 0.25) is 11.8 Å². The molecule has 11 nitrogen and oxygen atoms in total. The fraction of sp³-hybridized carbons (Fsp3) is 0.382. The van der Waals surface area contributed by atoms with Crippen molar-refractivity contribution in [1.82, 2.24) is 20.3 Å². The van der Waals surface area contributed by atoms with Crippen LogP contribution in [0.4, 0.5) is 5.69 Å². The zero-order valence-electron chi connectivity index (χ0n) is 25.9. The molecule has 0 saturated heterocycles. The van der Waals surface area contributed by atoms with Crippen LogP contribution in [0.3, 0.4) is 0 Å². The molecule has 1 saturated carbocycles. The Morgan fingerprint density at radius 1 is 0.978 bits per heavy atom. The highest BCUT2D eigenvalue weighted by Gasteiger charge is 2.36. The predicted octanol–water partition coefficient (Wildman–Crippen LogP) is 3.56. The van der Waals surface area contributed by atoms with Gasteiger partial charge in [-0.1, -0.05) is 30.3 Å². The maximum Gasteiger partial charge on any atom is 0.323 e. The van der Waals surface area contributed by atoms with Gasteiger partial charge < -0.3 is 26.8 Å². The Kier molecular flexibility index (Phi) is 9.48. The highest BCUT2D eigenvalue weighted by molar-refractivity contribution is 6.02. The molecular formula is C34H41N7O4. The first kappa shape index (κ1) is 31.6. The summed E-state index contributed by atoms with van der Waals surface area (Å²) in [7, 11) is 0. The van der Waals surface area contributed by atoms with Crippen molar-refractivity contribution in [3.8, 4) is 11.1 Å². The molecule has 236 valence electrons. The fourth-order valence-electron chi connectivity index (χ4n) is 6.16. The van der Waals surface area contributed by atoms with Crippen LogP contribution < -0.4 is 27.4 Å². The molecule has 0 spiro atoms. The number of aryl methyl sites for hydroxylation is 1. The summed E-state index contributed by atoms with van der Waals surface area (Å²) in [5, 5.41) is 2.85. The number of H-pyrrole nitrogens is 2. The number of aromatic amines is 2. The summed E-state index contributed by atoms with van der Waals surface area (Å²) in [4.78, 5) is 63.0. The SMILES string of the molecule is Cc1nc(C(=O)NC(C)C)ccc1-c1ccc(C[C@@H](C(N)=O)N(C(=O)C2CCC(CN)CC2)c2ccc3[nH]c(=O)[nH]c3c2)cc1. The lowest BCUT2D eigenvalue weighted by atomic mass is 9.81. The molecule has 0 aliphatic heterocycles. The van der Waals surface area contributed by atoms with E-state index in [4.69, 9.17) is 11.5 Å². The number of benzene rings is 2. The molecule has 45 heavy (non-hydrogen) atoms. The van der Waals surface area contributed by atoms with Gasteiger partial charge in [-0.05, 0) is 94.3 Å². The van der Waals surface area contributed by atoms with E-state index in [0.29, 0.717) is 53.4 Å². The van der Waals surface area contributed by atoms with Crippen molar-refractivity contribution in [2.45, 2.75) is 65.0 Å². The Morgan fingerprint density at radius 3 is 2.29 bits per heavy atom. The summed E-state index contributed by atoms with van der Waals surface area (Å²) < 4.78 is 0. The maximum atomic E-state index is 14.2. The van der Waals surface area contributed by atoms with E-state index in [2.05, 4.69) is 20.3 Å². The van der Waals surface area contributed by atoms with Gasteiger partial charge in [0, 0.05) is 35.3 Å². The number of hydrogen-bond donors (Lipinski definition) is 5. The van der Waals surface area contributed by atoms with Crippen molar-refractivity contribution < 1.29 is 14.4 Å². The van der Waals surface area contributed by atoms with Crippen LogP contribution in [0.15, 0.2) is 59.4 Å². The lowest BCUT2D eigenvalue weighted by Crippen LogP contribution is -2.52. The molecule has 1 atom stereocenters. The lowest BCUT2D eigenvalue weighted by molar-refractivity contribution is -0.127. The number of primary amides is 1. The van der Waals surface area contributed by atoms with Gasteiger partial charge in [0.05, 0.1) is 11.0 Å².